The predicted octanol–water partition coefficient (Wildman–Crippen LogP) is 6.79. The van der Waals surface area contributed by atoms with Gasteiger partial charge >= 0.3 is 6.18 Å². The number of nitrogens with zero attached hydrogens (tertiary/aromatic N) is 1. The van der Waals surface area contributed by atoms with Crippen LogP contribution >= 0.6 is 0 Å². The van der Waals surface area contributed by atoms with E-state index in [2.05, 4.69) is 4.72 Å². The minimum absolute atomic E-state index is 0.246. The molecule has 0 amide bonds. The SMILES string of the molecule is C[C@@H](NS(=O)(=O)C1CC1)c1cn(CC(C)(C)C)c2cc(-c3cccc(F)c3C(F)(F)F)c(F)cc12. The van der Waals surface area contributed by atoms with E-state index in [1.54, 1.807) is 17.7 Å². The van der Waals surface area contributed by atoms with Crippen LogP contribution in [0, 0.1) is 17.0 Å². The molecule has 0 aliphatic heterocycles. The quantitative estimate of drug-likeness (QED) is 0.368. The number of rotatable bonds is 6. The first-order valence-electron chi connectivity index (χ1n) is 11.3. The molecule has 1 heterocycles. The molecule has 1 aliphatic rings. The van der Waals surface area contributed by atoms with Crippen LogP contribution in [0.5, 0.6) is 0 Å². The van der Waals surface area contributed by atoms with Crippen LogP contribution in [0.25, 0.3) is 22.0 Å². The van der Waals surface area contributed by atoms with Crippen molar-refractivity contribution in [2.75, 3.05) is 0 Å². The zero-order valence-electron chi connectivity index (χ0n) is 19.8. The maximum absolute atomic E-state index is 15.3. The fourth-order valence-electron chi connectivity index (χ4n) is 4.35. The van der Waals surface area contributed by atoms with Gasteiger partial charge in [0.05, 0.1) is 10.8 Å². The lowest BCUT2D eigenvalue weighted by molar-refractivity contribution is -0.139. The Hall–Kier alpha value is -2.46. The van der Waals surface area contributed by atoms with Crippen LogP contribution in [-0.2, 0) is 22.7 Å². The molecule has 0 spiro atoms. The van der Waals surface area contributed by atoms with Crippen molar-refractivity contribution in [3.05, 3.63) is 59.3 Å². The molecular formula is C25H27F5N2O2S. The van der Waals surface area contributed by atoms with E-state index in [0.29, 0.717) is 41.9 Å². The molecule has 4 nitrogen and oxygen atoms in total. The summed E-state index contributed by atoms with van der Waals surface area (Å²) in [7, 11) is -3.54. The van der Waals surface area contributed by atoms with Crippen molar-refractivity contribution in [1.82, 2.24) is 9.29 Å². The molecule has 1 saturated carbocycles. The third-order valence-corrected chi connectivity index (χ3v) is 8.03. The van der Waals surface area contributed by atoms with Crippen LogP contribution in [0.2, 0.25) is 0 Å². The molecule has 3 aromatic rings. The van der Waals surface area contributed by atoms with E-state index >= 15 is 4.39 Å². The Balaban J connectivity index is 1.91. The van der Waals surface area contributed by atoms with Crippen molar-refractivity contribution < 1.29 is 30.4 Å². The number of alkyl halides is 3. The van der Waals surface area contributed by atoms with Gasteiger partial charge in [0.15, 0.2) is 0 Å². The summed E-state index contributed by atoms with van der Waals surface area (Å²) in [5.41, 5.74) is -1.81. The highest BCUT2D eigenvalue weighted by molar-refractivity contribution is 7.90. The fourth-order valence-corrected chi connectivity index (χ4v) is 5.92. The van der Waals surface area contributed by atoms with E-state index in [1.807, 2.05) is 20.8 Å². The standard InChI is InChI=1S/C25H27F5N2O2S/c1-14(31-35(33,34)15-8-9-15)19-12-32(13-24(2,3)4)22-11-17(21(27)10-18(19)22)16-6-5-7-20(26)23(16)25(28,29)30/h5-7,10-12,14-15,31H,8-9,13H2,1-4H3/t14-/m1/s1. The Bertz CT molecular complexity index is 1380. The number of sulfonamides is 1. The third-order valence-electron chi connectivity index (χ3n) is 6.00. The second-order valence-electron chi connectivity index (χ2n) is 10.4. The van der Waals surface area contributed by atoms with Gasteiger partial charge in [-0.3, -0.25) is 0 Å². The van der Waals surface area contributed by atoms with Gasteiger partial charge in [0, 0.05) is 35.2 Å². The first-order valence-corrected chi connectivity index (χ1v) is 12.8. The predicted molar refractivity (Wildman–Crippen MR) is 125 cm³/mol. The molecule has 0 saturated heterocycles. The number of nitrogens with one attached hydrogen (secondary N) is 1. The maximum atomic E-state index is 15.3. The second kappa shape index (κ2) is 8.58. The highest BCUT2D eigenvalue weighted by Crippen LogP contribution is 2.42. The minimum atomic E-state index is -5.02. The molecule has 1 N–H and O–H groups in total. The summed E-state index contributed by atoms with van der Waals surface area (Å²) < 4.78 is 99.9. The fraction of sp³-hybridized carbons (Fsp3) is 0.440. The highest BCUT2D eigenvalue weighted by atomic mass is 32.2. The van der Waals surface area contributed by atoms with Crippen molar-refractivity contribution in [2.24, 2.45) is 5.41 Å². The van der Waals surface area contributed by atoms with Crippen molar-refractivity contribution in [3.8, 4) is 11.1 Å². The molecule has 1 atom stereocenters. The summed E-state index contributed by atoms with van der Waals surface area (Å²) in [6, 6.07) is 4.54. The summed E-state index contributed by atoms with van der Waals surface area (Å²) in [4.78, 5) is 0. The van der Waals surface area contributed by atoms with Crippen molar-refractivity contribution >= 4 is 20.9 Å². The molecule has 0 unspecified atom stereocenters. The number of halogens is 5. The van der Waals surface area contributed by atoms with Crippen LogP contribution in [0.3, 0.4) is 0 Å². The van der Waals surface area contributed by atoms with Crippen LogP contribution in [0.15, 0.2) is 36.5 Å². The van der Waals surface area contributed by atoms with Gasteiger partial charge in [0.2, 0.25) is 10.0 Å². The van der Waals surface area contributed by atoms with E-state index in [9.17, 15) is 26.0 Å². The Kier molecular flexibility index (Phi) is 6.29. The second-order valence-corrected chi connectivity index (χ2v) is 12.4. The smallest absolute Gasteiger partial charge is 0.347 e. The number of fused-ring (bicyclic) bond motifs is 1. The molecule has 35 heavy (non-hydrogen) atoms. The lowest BCUT2D eigenvalue weighted by atomic mass is 9.95. The van der Waals surface area contributed by atoms with Gasteiger partial charge in [-0.1, -0.05) is 32.9 Å². The topological polar surface area (TPSA) is 51.1 Å². The number of aromatic nitrogens is 1. The van der Waals surface area contributed by atoms with Gasteiger partial charge in [0.1, 0.15) is 11.6 Å². The zero-order chi connectivity index (χ0) is 25.9. The van der Waals surface area contributed by atoms with Gasteiger partial charge < -0.3 is 4.57 Å². The molecule has 10 heteroatoms. The van der Waals surface area contributed by atoms with Gasteiger partial charge in [-0.15, -0.1) is 0 Å². The third kappa shape index (κ3) is 5.23. The largest absolute Gasteiger partial charge is 0.419 e. The molecule has 1 aliphatic carbocycles. The van der Waals surface area contributed by atoms with E-state index in [0.717, 1.165) is 18.2 Å². The number of hydrogen-bond acceptors (Lipinski definition) is 2. The highest BCUT2D eigenvalue weighted by Gasteiger charge is 2.38. The molecule has 1 aromatic heterocycles. The number of hydrogen-bond donors (Lipinski definition) is 1. The summed E-state index contributed by atoms with van der Waals surface area (Å²) >= 11 is 0. The first-order chi connectivity index (χ1) is 16.1. The lowest BCUT2D eigenvalue weighted by Gasteiger charge is -2.20. The average Bonchev–Trinajstić information content (AvgIpc) is 3.50. The van der Waals surface area contributed by atoms with Crippen LogP contribution in [0.1, 0.15) is 57.7 Å². The van der Waals surface area contributed by atoms with Gasteiger partial charge in [0.25, 0.3) is 0 Å². The van der Waals surface area contributed by atoms with Crippen molar-refractivity contribution in [2.45, 2.75) is 64.5 Å². The van der Waals surface area contributed by atoms with Gasteiger partial charge in [-0.25, -0.2) is 21.9 Å². The Labute approximate surface area is 201 Å². The first kappa shape index (κ1) is 25.6. The van der Waals surface area contributed by atoms with Gasteiger partial charge in [-0.05, 0) is 54.5 Å². The molecule has 1 fully saturated rings. The summed E-state index contributed by atoms with van der Waals surface area (Å²) in [5.74, 6) is -2.44. The Morgan fingerprint density at radius 2 is 1.71 bits per heavy atom. The van der Waals surface area contributed by atoms with Crippen molar-refractivity contribution in [3.63, 3.8) is 0 Å². The maximum Gasteiger partial charge on any atom is 0.419 e. The Morgan fingerprint density at radius 1 is 1.06 bits per heavy atom. The normalized spacial score (nSPS) is 16.1. The van der Waals surface area contributed by atoms with Crippen molar-refractivity contribution in [1.29, 1.82) is 0 Å². The van der Waals surface area contributed by atoms with E-state index < -0.39 is 50.3 Å². The molecule has 4 rings (SSSR count). The zero-order valence-corrected chi connectivity index (χ0v) is 20.6. The van der Waals surface area contributed by atoms with Gasteiger partial charge in [-0.2, -0.15) is 13.2 Å². The summed E-state index contributed by atoms with van der Waals surface area (Å²) in [5, 5.41) is -0.0589. The van der Waals surface area contributed by atoms with Crippen LogP contribution in [0.4, 0.5) is 22.0 Å². The molecular weight excluding hydrogens is 487 g/mol. The van der Waals surface area contributed by atoms with E-state index in [1.165, 1.54) is 6.07 Å². The molecule has 0 bridgehead atoms. The average molecular weight is 515 g/mol. The minimum Gasteiger partial charge on any atom is -0.347 e. The monoisotopic (exact) mass is 514 g/mol. The van der Waals surface area contributed by atoms with Crippen LogP contribution in [-0.4, -0.2) is 18.2 Å². The molecule has 190 valence electrons. The lowest BCUT2D eigenvalue weighted by Crippen LogP contribution is -2.29. The van der Waals surface area contributed by atoms with E-state index in [-0.39, 0.29) is 11.0 Å². The molecule has 2 aromatic carbocycles. The number of benzene rings is 2. The molecule has 0 radical (unpaired) electrons. The summed E-state index contributed by atoms with van der Waals surface area (Å²) in [6.07, 6.45) is -2.15. The van der Waals surface area contributed by atoms with E-state index in [4.69, 9.17) is 0 Å². The summed E-state index contributed by atoms with van der Waals surface area (Å²) in [6.45, 7) is 7.99. The Morgan fingerprint density at radius 3 is 2.29 bits per heavy atom. The van der Waals surface area contributed by atoms with Crippen LogP contribution < -0.4 is 4.72 Å².